The molecule has 1 rings (SSSR count). The van der Waals surface area contributed by atoms with Gasteiger partial charge in [0.05, 0.1) is 6.10 Å². The quantitative estimate of drug-likeness (QED) is 0.786. The summed E-state index contributed by atoms with van der Waals surface area (Å²) in [5.74, 6) is 0. The van der Waals surface area contributed by atoms with Crippen LogP contribution in [0.2, 0.25) is 0 Å². The van der Waals surface area contributed by atoms with Gasteiger partial charge < -0.3 is 5.11 Å². The summed E-state index contributed by atoms with van der Waals surface area (Å²) in [4.78, 5) is 0. The minimum absolute atomic E-state index is 0.0530. The molecular formula is C16H26O. The van der Waals surface area contributed by atoms with Crippen LogP contribution in [0.3, 0.4) is 0 Å². The Bertz CT molecular complexity index is 322. The van der Waals surface area contributed by atoms with Gasteiger partial charge in [0.25, 0.3) is 0 Å². The van der Waals surface area contributed by atoms with Gasteiger partial charge in [-0.3, -0.25) is 0 Å². The number of hydrogen-bond acceptors (Lipinski definition) is 1. The lowest BCUT2D eigenvalue weighted by Crippen LogP contribution is -2.22. The van der Waals surface area contributed by atoms with Crippen molar-refractivity contribution in [2.24, 2.45) is 0 Å². The zero-order chi connectivity index (χ0) is 12.9. The van der Waals surface area contributed by atoms with Crippen LogP contribution in [0, 0.1) is 0 Å². The molecular weight excluding hydrogens is 208 g/mol. The first-order valence-corrected chi connectivity index (χ1v) is 6.73. The van der Waals surface area contributed by atoms with Crippen LogP contribution in [0.15, 0.2) is 24.3 Å². The molecule has 0 radical (unpaired) electrons. The molecule has 0 aliphatic carbocycles. The first-order valence-electron chi connectivity index (χ1n) is 6.73. The minimum atomic E-state index is -0.246. The van der Waals surface area contributed by atoms with Crippen LogP contribution in [-0.4, -0.2) is 11.2 Å². The fourth-order valence-corrected chi connectivity index (χ4v) is 2.36. The molecule has 96 valence electrons. The third-order valence-electron chi connectivity index (χ3n) is 3.36. The molecule has 1 aromatic carbocycles. The van der Waals surface area contributed by atoms with Crippen LogP contribution >= 0.6 is 0 Å². The highest BCUT2D eigenvalue weighted by Gasteiger charge is 2.22. The van der Waals surface area contributed by atoms with Crippen LogP contribution in [0.1, 0.15) is 58.1 Å². The fraction of sp³-hybridized carbons (Fsp3) is 0.625. The maximum Gasteiger partial charge on any atom is 0.0520 e. The summed E-state index contributed by atoms with van der Waals surface area (Å²) >= 11 is 0. The highest BCUT2D eigenvalue weighted by atomic mass is 16.3. The summed E-state index contributed by atoms with van der Waals surface area (Å²) in [7, 11) is 0. The number of benzene rings is 1. The van der Waals surface area contributed by atoms with Gasteiger partial charge in [0.15, 0.2) is 0 Å². The molecule has 0 bridgehead atoms. The van der Waals surface area contributed by atoms with Gasteiger partial charge in [-0.15, -0.1) is 0 Å². The first kappa shape index (κ1) is 14.2. The molecule has 0 amide bonds. The van der Waals surface area contributed by atoms with E-state index in [4.69, 9.17) is 0 Å². The van der Waals surface area contributed by atoms with Crippen LogP contribution in [0.5, 0.6) is 0 Å². The molecule has 1 aromatic rings. The van der Waals surface area contributed by atoms with Gasteiger partial charge in [-0.25, -0.2) is 0 Å². The Morgan fingerprint density at radius 2 is 1.76 bits per heavy atom. The summed E-state index contributed by atoms with van der Waals surface area (Å²) in [5, 5.41) is 9.52. The van der Waals surface area contributed by atoms with Crippen molar-refractivity contribution in [1.82, 2.24) is 0 Å². The largest absolute Gasteiger partial charge is 0.393 e. The van der Waals surface area contributed by atoms with Gasteiger partial charge in [-0.05, 0) is 42.7 Å². The number of rotatable bonds is 6. The van der Waals surface area contributed by atoms with Crippen molar-refractivity contribution in [2.45, 2.75) is 64.9 Å². The van der Waals surface area contributed by atoms with Crippen molar-refractivity contribution in [2.75, 3.05) is 0 Å². The predicted octanol–water partition coefficient (Wildman–Crippen LogP) is 4.08. The van der Waals surface area contributed by atoms with E-state index in [-0.39, 0.29) is 11.5 Å². The normalized spacial score (nSPS) is 13.7. The number of hydrogen-bond donors (Lipinski definition) is 1. The molecule has 0 fully saturated rings. The van der Waals surface area contributed by atoms with Gasteiger partial charge >= 0.3 is 0 Å². The van der Waals surface area contributed by atoms with Crippen molar-refractivity contribution >= 4 is 0 Å². The molecule has 0 aromatic heterocycles. The molecule has 0 aliphatic rings. The molecule has 1 atom stereocenters. The van der Waals surface area contributed by atoms with E-state index in [9.17, 15) is 5.11 Å². The van der Waals surface area contributed by atoms with E-state index in [0.717, 1.165) is 6.42 Å². The van der Waals surface area contributed by atoms with E-state index in [2.05, 4.69) is 45.0 Å². The third kappa shape index (κ3) is 4.51. The molecule has 0 aliphatic heterocycles. The van der Waals surface area contributed by atoms with Crippen LogP contribution in [-0.2, 0) is 11.8 Å². The van der Waals surface area contributed by atoms with Crippen molar-refractivity contribution in [3.05, 3.63) is 35.4 Å². The number of aliphatic hydroxyl groups excluding tert-OH is 1. The van der Waals surface area contributed by atoms with Gasteiger partial charge in [0.2, 0.25) is 0 Å². The topological polar surface area (TPSA) is 20.2 Å². The summed E-state index contributed by atoms with van der Waals surface area (Å²) in [5.41, 5.74) is 2.79. The van der Waals surface area contributed by atoms with Crippen molar-refractivity contribution < 1.29 is 5.11 Å². The lowest BCUT2D eigenvalue weighted by molar-refractivity contribution is 0.157. The molecule has 17 heavy (non-hydrogen) atoms. The van der Waals surface area contributed by atoms with E-state index >= 15 is 0 Å². The minimum Gasteiger partial charge on any atom is -0.393 e. The predicted molar refractivity (Wildman–Crippen MR) is 74.4 cm³/mol. The smallest absolute Gasteiger partial charge is 0.0520 e. The summed E-state index contributed by atoms with van der Waals surface area (Å²) in [6.45, 7) is 8.47. The molecule has 0 spiro atoms. The van der Waals surface area contributed by atoms with Crippen molar-refractivity contribution in [3.63, 3.8) is 0 Å². The summed E-state index contributed by atoms with van der Waals surface area (Å²) < 4.78 is 0. The maximum atomic E-state index is 9.52. The van der Waals surface area contributed by atoms with Gasteiger partial charge in [0, 0.05) is 0 Å². The Balaban J connectivity index is 2.72. The lowest BCUT2D eigenvalue weighted by Gasteiger charge is -2.27. The Labute approximate surface area is 106 Å². The second-order valence-electron chi connectivity index (χ2n) is 5.74. The SMILES string of the molecule is CCCCc1ccc(C(C)(C)C[C@@H](C)O)cc1. The molecule has 1 nitrogen and oxygen atoms in total. The van der Waals surface area contributed by atoms with Gasteiger partial charge in [0.1, 0.15) is 0 Å². The van der Waals surface area contributed by atoms with Gasteiger partial charge in [-0.1, -0.05) is 51.5 Å². The van der Waals surface area contributed by atoms with E-state index in [0.29, 0.717) is 0 Å². The zero-order valence-corrected chi connectivity index (χ0v) is 11.7. The monoisotopic (exact) mass is 234 g/mol. The lowest BCUT2D eigenvalue weighted by atomic mass is 9.79. The van der Waals surface area contributed by atoms with E-state index in [1.54, 1.807) is 0 Å². The second kappa shape index (κ2) is 6.20. The van der Waals surface area contributed by atoms with Crippen LogP contribution in [0.25, 0.3) is 0 Å². The molecule has 0 heterocycles. The summed E-state index contributed by atoms with van der Waals surface area (Å²) in [6.07, 6.45) is 4.24. The average Bonchev–Trinajstić information content (AvgIpc) is 2.25. The molecule has 0 unspecified atom stereocenters. The third-order valence-corrected chi connectivity index (χ3v) is 3.36. The summed E-state index contributed by atoms with van der Waals surface area (Å²) in [6, 6.07) is 8.89. The number of aliphatic hydroxyl groups is 1. The molecule has 0 saturated heterocycles. The van der Waals surface area contributed by atoms with Crippen LogP contribution < -0.4 is 0 Å². The Kier molecular flexibility index (Phi) is 5.20. The fourth-order valence-electron chi connectivity index (χ4n) is 2.36. The van der Waals surface area contributed by atoms with E-state index < -0.39 is 0 Å². The molecule has 1 heteroatoms. The van der Waals surface area contributed by atoms with E-state index in [1.165, 1.54) is 30.4 Å². The van der Waals surface area contributed by atoms with Crippen molar-refractivity contribution in [1.29, 1.82) is 0 Å². The number of unbranched alkanes of at least 4 members (excludes halogenated alkanes) is 1. The highest BCUT2D eigenvalue weighted by molar-refractivity contribution is 5.28. The standard InChI is InChI=1S/C16H26O/c1-5-6-7-14-8-10-15(11-9-14)16(3,4)12-13(2)17/h8-11,13,17H,5-7,12H2,1-4H3/t13-/m1/s1. The van der Waals surface area contributed by atoms with Gasteiger partial charge in [-0.2, -0.15) is 0 Å². The zero-order valence-electron chi connectivity index (χ0n) is 11.7. The highest BCUT2D eigenvalue weighted by Crippen LogP contribution is 2.28. The Morgan fingerprint density at radius 3 is 2.24 bits per heavy atom. The molecule has 0 saturated carbocycles. The van der Waals surface area contributed by atoms with Crippen LogP contribution in [0.4, 0.5) is 0 Å². The Hall–Kier alpha value is -0.820. The average molecular weight is 234 g/mol. The van der Waals surface area contributed by atoms with Crippen molar-refractivity contribution in [3.8, 4) is 0 Å². The number of aryl methyl sites for hydroxylation is 1. The molecule has 1 N–H and O–H groups in total. The first-order chi connectivity index (χ1) is 7.95. The Morgan fingerprint density at radius 1 is 1.18 bits per heavy atom. The maximum absolute atomic E-state index is 9.52. The second-order valence-corrected chi connectivity index (χ2v) is 5.74. The van der Waals surface area contributed by atoms with E-state index in [1.807, 2.05) is 6.92 Å².